The second kappa shape index (κ2) is 5.98. The number of likely N-dealkylation sites (tertiary alicyclic amines) is 1. The summed E-state index contributed by atoms with van der Waals surface area (Å²) in [5.41, 5.74) is -1.27. The first-order valence-corrected chi connectivity index (χ1v) is 9.03. The molecule has 1 aliphatic carbocycles. The molecule has 1 saturated carbocycles. The van der Waals surface area contributed by atoms with Crippen molar-refractivity contribution in [1.29, 1.82) is 5.26 Å². The van der Waals surface area contributed by atoms with E-state index in [0.717, 1.165) is 19.4 Å². The number of carbonyl (C=O) groups is 1. The molecule has 128 valence electrons. The van der Waals surface area contributed by atoms with Gasteiger partial charge in [0, 0.05) is 12.6 Å². The summed E-state index contributed by atoms with van der Waals surface area (Å²) in [6, 6.07) is 2.62. The third-order valence-electron chi connectivity index (χ3n) is 5.74. The maximum absolute atomic E-state index is 12.7. The highest BCUT2D eigenvalue weighted by Crippen LogP contribution is 2.45. The Hall–Kier alpha value is -1.28. The Morgan fingerprint density at radius 2 is 2.04 bits per heavy atom. The lowest BCUT2D eigenvalue weighted by atomic mass is 9.72. The zero-order chi connectivity index (χ0) is 16.7. The molecule has 2 saturated heterocycles. The molecule has 5 nitrogen and oxygen atoms in total. The summed E-state index contributed by atoms with van der Waals surface area (Å²) in [5.74, 6) is 1.19. The number of hydrogen-bond acceptors (Lipinski definition) is 4. The summed E-state index contributed by atoms with van der Waals surface area (Å²) in [4.78, 5) is 14.4. The molecule has 0 aromatic carbocycles. The molecule has 4 atom stereocenters. The van der Waals surface area contributed by atoms with E-state index < -0.39 is 11.1 Å². The Balaban J connectivity index is 1.84. The van der Waals surface area contributed by atoms with Crippen molar-refractivity contribution in [3.8, 4) is 6.07 Å². The fourth-order valence-corrected chi connectivity index (χ4v) is 4.80. The lowest BCUT2D eigenvalue weighted by Gasteiger charge is -2.41. The maximum Gasteiger partial charge on any atom is 0.411 e. The van der Waals surface area contributed by atoms with Crippen molar-refractivity contribution in [2.24, 2.45) is 11.8 Å². The average molecular weight is 319 g/mol. The summed E-state index contributed by atoms with van der Waals surface area (Å²) >= 11 is 0. The normalized spacial score (nSPS) is 37.3. The van der Waals surface area contributed by atoms with Crippen LogP contribution in [0.2, 0.25) is 0 Å². The van der Waals surface area contributed by atoms with Gasteiger partial charge in [-0.05, 0) is 64.8 Å². The van der Waals surface area contributed by atoms with Crippen molar-refractivity contribution in [3.63, 3.8) is 0 Å². The number of fused-ring (bicyclic) bond motifs is 1. The third kappa shape index (κ3) is 2.94. The monoisotopic (exact) mass is 319 g/mol. The molecule has 0 aromatic heterocycles. The van der Waals surface area contributed by atoms with Crippen LogP contribution < -0.4 is 5.32 Å². The second-order valence-electron chi connectivity index (χ2n) is 8.37. The zero-order valence-corrected chi connectivity index (χ0v) is 14.6. The van der Waals surface area contributed by atoms with Gasteiger partial charge in [0.05, 0.1) is 6.07 Å². The minimum Gasteiger partial charge on any atom is -0.444 e. The number of nitrogens with one attached hydrogen (secondary N) is 1. The Labute approximate surface area is 139 Å². The van der Waals surface area contributed by atoms with Crippen molar-refractivity contribution >= 4 is 6.09 Å². The van der Waals surface area contributed by atoms with Crippen LogP contribution in [-0.4, -0.2) is 41.3 Å². The van der Waals surface area contributed by atoms with Crippen LogP contribution >= 0.6 is 0 Å². The van der Waals surface area contributed by atoms with Crippen molar-refractivity contribution in [3.05, 3.63) is 0 Å². The zero-order valence-electron chi connectivity index (χ0n) is 14.6. The summed E-state index contributed by atoms with van der Waals surface area (Å²) in [6.45, 7) is 7.24. The molecular formula is C18H29N3O2. The van der Waals surface area contributed by atoms with Gasteiger partial charge in [-0.15, -0.1) is 0 Å². The van der Waals surface area contributed by atoms with Gasteiger partial charge in [0.25, 0.3) is 0 Å². The van der Waals surface area contributed by atoms with Gasteiger partial charge in [0.2, 0.25) is 0 Å². The van der Waals surface area contributed by atoms with Gasteiger partial charge in [0.15, 0.2) is 0 Å². The predicted octanol–water partition coefficient (Wildman–Crippen LogP) is 3.06. The van der Waals surface area contributed by atoms with Gasteiger partial charge in [-0.1, -0.05) is 12.8 Å². The van der Waals surface area contributed by atoms with Gasteiger partial charge < -0.3 is 10.1 Å². The van der Waals surface area contributed by atoms with Gasteiger partial charge in [0.1, 0.15) is 11.1 Å². The number of nitrogens with zero attached hydrogens (tertiary/aromatic N) is 2. The van der Waals surface area contributed by atoms with E-state index in [-0.39, 0.29) is 12.1 Å². The molecule has 3 rings (SSSR count). The van der Waals surface area contributed by atoms with Crippen molar-refractivity contribution in [2.45, 2.75) is 76.5 Å². The number of nitriles is 1. The molecule has 2 aliphatic heterocycles. The van der Waals surface area contributed by atoms with Crippen LogP contribution in [0.25, 0.3) is 0 Å². The van der Waals surface area contributed by atoms with E-state index in [4.69, 9.17) is 4.74 Å². The molecular weight excluding hydrogens is 290 g/mol. The van der Waals surface area contributed by atoms with Gasteiger partial charge in [-0.3, -0.25) is 4.90 Å². The molecule has 1 N–H and O–H groups in total. The summed E-state index contributed by atoms with van der Waals surface area (Å²) in [7, 11) is 0. The van der Waals surface area contributed by atoms with E-state index in [9.17, 15) is 10.1 Å². The first kappa shape index (κ1) is 16.6. The quantitative estimate of drug-likeness (QED) is 0.806. The van der Waals surface area contributed by atoms with Crippen molar-refractivity contribution < 1.29 is 9.53 Å². The standard InChI is InChI=1S/C18H29N3O2/c1-17(2,3)23-16(22)21-10-6-9-18(21,12-19)15-14-8-5-4-7-13(14)11-20-15/h13-15,20H,4-11H2,1-3H3/t13?,14?,15-,18-/m0/s1. The van der Waals surface area contributed by atoms with Crippen molar-refractivity contribution in [1.82, 2.24) is 10.2 Å². The summed E-state index contributed by atoms with van der Waals surface area (Å²) < 4.78 is 5.58. The fourth-order valence-electron chi connectivity index (χ4n) is 4.80. The largest absolute Gasteiger partial charge is 0.444 e. The van der Waals surface area contributed by atoms with Gasteiger partial charge >= 0.3 is 6.09 Å². The Bertz CT molecular complexity index is 507. The highest BCUT2D eigenvalue weighted by molar-refractivity contribution is 5.71. The average Bonchev–Trinajstić information content (AvgIpc) is 3.09. The van der Waals surface area contributed by atoms with E-state index in [1.54, 1.807) is 4.90 Å². The van der Waals surface area contributed by atoms with E-state index in [1.165, 1.54) is 25.7 Å². The minimum absolute atomic E-state index is 0.0906. The Kier molecular flexibility index (Phi) is 4.31. The van der Waals surface area contributed by atoms with Crippen LogP contribution in [0.15, 0.2) is 0 Å². The topological polar surface area (TPSA) is 65.4 Å². The number of hydrogen-bond donors (Lipinski definition) is 1. The second-order valence-corrected chi connectivity index (χ2v) is 8.37. The third-order valence-corrected chi connectivity index (χ3v) is 5.74. The SMILES string of the molecule is CC(C)(C)OC(=O)N1CCC[C@]1(C#N)[C@H]1NCC2CCCCC21. The van der Waals surface area contributed by atoms with Crippen LogP contribution in [0.3, 0.4) is 0 Å². The molecule has 2 heterocycles. The lowest BCUT2D eigenvalue weighted by Crippen LogP contribution is -2.60. The van der Waals surface area contributed by atoms with Crippen molar-refractivity contribution in [2.75, 3.05) is 13.1 Å². The molecule has 0 aromatic rings. The highest BCUT2D eigenvalue weighted by atomic mass is 16.6. The van der Waals surface area contributed by atoms with Gasteiger partial charge in [-0.25, -0.2) is 4.79 Å². The Morgan fingerprint density at radius 1 is 1.30 bits per heavy atom. The summed E-state index contributed by atoms with van der Waals surface area (Å²) in [5, 5.41) is 13.7. The summed E-state index contributed by atoms with van der Waals surface area (Å²) in [6.07, 6.45) is 6.26. The fraction of sp³-hybridized carbons (Fsp3) is 0.889. The molecule has 0 bridgehead atoms. The minimum atomic E-state index is -0.737. The number of amides is 1. The number of carbonyl (C=O) groups excluding carboxylic acids is 1. The molecule has 3 fully saturated rings. The molecule has 5 heteroatoms. The smallest absolute Gasteiger partial charge is 0.411 e. The van der Waals surface area contributed by atoms with E-state index >= 15 is 0 Å². The van der Waals surface area contributed by atoms with Crippen LogP contribution in [-0.2, 0) is 4.74 Å². The van der Waals surface area contributed by atoms with E-state index in [2.05, 4.69) is 11.4 Å². The molecule has 3 aliphatic rings. The van der Waals surface area contributed by atoms with Crippen LogP contribution in [0.5, 0.6) is 0 Å². The first-order valence-electron chi connectivity index (χ1n) is 9.03. The molecule has 0 radical (unpaired) electrons. The van der Waals surface area contributed by atoms with Crippen LogP contribution in [0.1, 0.15) is 59.3 Å². The van der Waals surface area contributed by atoms with Crippen LogP contribution in [0.4, 0.5) is 4.79 Å². The molecule has 2 unspecified atom stereocenters. The molecule has 0 spiro atoms. The highest BCUT2D eigenvalue weighted by Gasteiger charge is 2.56. The van der Waals surface area contributed by atoms with Gasteiger partial charge in [-0.2, -0.15) is 5.26 Å². The molecule has 1 amide bonds. The predicted molar refractivity (Wildman–Crippen MR) is 87.8 cm³/mol. The van der Waals surface area contributed by atoms with Crippen LogP contribution in [0, 0.1) is 23.2 Å². The lowest BCUT2D eigenvalue weighted by molar-refractivity contribution is 0.00758. The van der Waals surface area contributed by atoms with E-state index in [0.29, 0.717) is 18.4 Å². The first-order chi connectivity index (χ1) is 10.9. The Morgan fingerprint density at radius 3 is 2.74 bits per heavy atom. The maximum atomic E-state index is 12.7. The number of ether oxygens (including phenoxy) is 1. The number of rotatable bonds is 1. The van der Waals surface area contributed by atoms with E-state index in [1.807, 2.05) is 20.8 Å². The molecule has 23 heavy (non-hydrogen) atoms.